The number of rotatable bonds is 2. The Morgan fingerprint density at radius 1 is 1.33 bits per heavy atom. The number of hydrogen-bond donors (Lipinski definition) is 1. The smallest absolute Gasteiger partial charge is 0.150 e. The van der Waals surface area contributed by atoms with E-state index < -0.39 is 15.4 Å². The lowest BCUT2D eigenvalue weighted by Crippen LogP contribution is -2.49. The van der Waals surface area contributed by atoms with Crippen LogP contribution in [0, 0.1) is 12.7 Å². The number of aryl methyl sites for hydroxylation is 1. The van der Waals surface area contributed by atoms with Crippen molar-refractivity contribution in [2.75, 3.05) is 23.4 Å². The highest BCUT2D eigenvalue weighted by Gasteiger charge is 2.47. The van der Waals surface area contributed by atoms with E-state index in [1.807, 2.05) is 6.07 Å². The van der Waals surface area contributed by atoms with Crippen molar-refractivity contribution >= 4 is 15.5 Å². The minimum atomic E-state index is -2.92. The molecule has 1 spiro atoms. The van der Waals surface area contributed by atoms with Crippen molar-refractivity contribution in [3.05, 3.63) is 29.6 Å². The number of ether oxygens (including phenoxy) is 1. The normalized spacial score (nSPS) is 26.9. The average molecular weight is 313 g/mol. The second-order valence-electron chi connectivity index (χ2n) is 6.01. The van der Waals surface area contributed by atoms with Crippen molar-refractivity contribution in [1.29, 1.82) is 0 Å². The Balaban J connectivity index is 1.77. The molecule has 1 N–H and O–H groups in total. The molecule has 2 heterocycles. The van der Waals surface area contributed by atoms with E-state index in [9.17, 15) is 12.8 Å². The Labute approximate surface area is 124 Å². The van der Waals surface area contributed by atoms with Crippen LogP contribution in [0.5, 0.6) is 0 Å². The van der Waals surface area contributed by atoms with Gasteiger partial charge < -0.3 is 10.1 Å². The molecule has 1 aromatic carbocycles. The predicted octanol–water partition coefficient (Wildman–Crippen LogP) is 2.28. The molecule has 116 valence electrons. The molecule has 1 atom stereocenters. The highest BCUT2D eigenvalue weighted by Crippen LogP contribution is 2.38. The molecule has 0 radical (unpaired) electrons. The number of benzene rings is 1. The largest absolute Gasteiger partial charge is 0.379 e. The third kappa shape index (κ3) is 2.92. The van der Waals surface area contributed by atoms with Crippen molar-refractivity contribution in [2.24, 2.45) is 0 Å². The van der Waals surface area contributed by atoms with Gasteiger partial charge in [0.15, 0.2) is 9.84 Å². The Bertz CT molecular complexity index is 630. The topological polar surface area (TPSA) is 55.4 Å². The maximum Gasteiger partial charge on any atom is 0.150 e. The highest BCUT2D eigenvalue weighted by atomic mass is 32.2. The first kappa shape index (κ1) is 14.8. The minimum absolute atomic E-state index is 0.0371. The molecule has 1 unspecified atom stereocenters. The summed E-state index contributed by atoms with van der Waals surface area (Å²) in [6.07, 6.45) is 1.85. The Morgan fingerprint density at radius 2 is 2.05 bits per heavy atom. The third-order valence-electron chi connectivity index (χ3n) is 4.62. The Kier molecular flexibility index (Phi) is 3.69. The first-order valence-electron chi connectivity index (χ1n) is 7.27. The van der Waals surface area contributed by atoms with Crippen LogP contribution >= 0.6 is 0 Å². The summed E-state index contributed by atoms with van der Waals surface area (Å²) >= 11 is 0. The molecule has 0 aromatic heterocycles. The van der Waals surface area contributed by atoms with Gasteiger partial charge in [0.05, 0.1) is 23.1 Å². The van der Waals surface area contributed by atoms with Gasteiger partial charge in [-0.1, -0.05) is 6.07 Å². The van der Waals surface area contributed by atoms with Crippen molar-refractivity contribution in [2.45, 2.75) is 37.8 Å². The number of halogens is 1. The second-order valence-corrected chi connectivity index (χ2v) is 8.32. The summed E-state index contributed by atoms with van der Waals surface area (Å²) in [5.74, 6) is 0.111. The maximum absolute atomic E-state index is 13.6. The standard InChI is InChI=1S/C15H20FNO3S/c1-11-2-3-12(10-13(11)16)17-14-4-7-20-15(14)5-8-21(18,19)9-6-15/h2-3,10,14,17H,4-9H2,1H3. The van der Waals surface area contributed by atoms with Crippen LogP contribution in [0.3, 0.4) is 0 Å². The van der Waals surface area contributed by atoms with Crippen LogP contribution in [0.25, 0.3) is 0 Å². The third-order valence-corrected chi connectivity index (χ3v) is 6.27. The van der Waals surface area contributed by atoms with Gasteiger partial charge in [0.2, 0.25) is 0 Å². The molecule has 0 aliphatic carbocycles. The summed E-state index contributed by atoms with van der Waals surface area (Å²) in [6, 6.07) is 5.12. The first-order valence-corrected chi connectivity index (χ1v) is 9.09. The number of hydrogen-bond acceptors (Lipinski definition) is 4. The van der Waals surface area contributed by atoms with Gasteiger partial charge >= 0.3 is 0 Å². The summed E-state index contributed by atoms with van der Waals surface area (Å²) < 4.78 is 42.8. The molecule has 21 heavy (non-hydrogen) atoms. The summed E-state index contributed by atoms with van der Waals surface area (Å²) in [5, 5.41) is 3.34. The van der Waals surface area contributed by atoms with Gasteiger partial charge in [-0.3, -0.25) is 0 Å². The maximum atomic E-state index is 13.6. The van der Waals surface area contributed by atoms with Crippen LogP contribution in [0.1, 0.15) is 24.8 Å². The molecule has 3 rings (SSSR count). The van der Waals surface area contributed by atoms with E-state index in [0.717, 1.165) is 12.1 Å². The number of nitrogens with one attached hydrogen (secondary N) is 1. The average Bonchev–Trinajstić information content (AvgIpc) is 2.81. The van der Waals surface area contributed by atoms with Crippen LogP contribution in [-0.4, -0.2) is 38.2 Å². The van der Waals surface area contributed by atoms with Crippen LogP contribution < -0.4 is 5.32 Å². The summed E-state index contributed by atoms with van der Waals surface area (Å²) in [4.78, 5) is 0. The van der Waals surface area contributed by atoms with Crippen molar-refractivity contribution in [3.63, 3.8) is 0 Å². The van der Waals surface area contributed by atoms with Gasteiger partial charge in [0, 0.05) is 12.3 Å². The molecule has 2 aliphatic rings. The van der Waals surface area contributed by atoms with E-state index in [-0.39, 0.29) is 23.4 Å². The van der Waals surface area contributed by atoms with E-state index in [1.54, 1.807) is 13.0 Å². The fraction of sp³-hybridized carbons (Fsp3) is 0.600. The fourth-order valence-corrected chi connectivity index (χ4v) is 4.72. The first-order chi connectivity index (χ1) is 9.90. The van der Waals surface area contributed by atoms with Gasteiger partial charge in [-0.15, -0.1) is 0 Å². The quantitative estimate of drug-likeness (QED) is 0.910. The van der Waals surface area contributed by atoms with Gasteiger partial charge in [-0.2, -0.15) is 0 Å². The lowest BCUT2D eigenvalue weighted by molar-refractivity contribution is -0.00866. The predicted molar refractivity (Wildman–Crippen MR) is 79.7 cm³/mol. The molecule has 0 bridgehead atoms. The zero-order valence-electron chi connectivity index (χ0n) is 12.1. The van der Waals surface area contributed by atoms with E-state index in [2.05, 4.69) is 5.32 Å². The highest BCUT2D eigenvalue weighted by molar-refractivity contribution is 7.91. The van der Waals surface area contributed by atoms with Gasteiger partial charge in [0.25, 0.3) is 0 Å². The number of sulfone groups is 1. The van der Waals surface area contributed by atoms with Crippen molar-refractivity contribution in [1.82, 2.24) is 0 Å². The lowest BCUT2D eigenvalue weighted by Gasteiger charge is -2.38. The molecule has 4 nitrogen and oxygen atoms in total. The van der Waals surface area contributed by atoms with Gasteiger partial charge in [-0.25, -0.2) is 12.8 Å². The van der Waals surface area contributed by atoms with E-state index in [1.165, 1.54) is 6.07 Å². The van der Waals surface area contributed by atoms with E-state index >= 15 is 0 Å². The fourth-order valence-electron chi connectivity index (χ4n) is 3.21. The zero-order valence-corrected chi connectivity index (χ0v) is 12.9. The minimum Gasteiger partial charge on any atom is -0.379 e. The van der Waals surface area contributed by atoms with Crippen LogP contribution in [-0.2, 0) is 14.6 Å². The Morgan fingerprint density at radius 3 is 2.71 bits per heavy atom. The summed E-state index contributed by atoms with van der Waals surface area (Å²) in [5.41, 5.74) is 0.912. The SMILES string of the molecule is Cc1ccc(NC2CCOC23CCS(=O)(=O)CC3)cc1F. The number of anilines is 1. The molecule has 2 fully saturated rings. The monoisotopic (exact) mass is 313 g/mol. The van der Waals surface area contributed by atoms with E-state index in [4.69, 9.17) is 4.74 Å². The van der Waals surface area contributed by atoms with Gasteiger partial charge in [0.1, 0.15) is 5.82 Å². The van der Waals surface area contributed by atoms with Crippen LogP contribution in [0.4, 0.5) is 10.1 Å². The molecule has 2 aliphatic heterocycles. The second kappa shape index (κ2) is 5.25. The summed E-state index contributed by atoms with van der Waals surface area (Å²) in [7, 11) is -2.92. The molecule has 0 saturated carbocycles. The van der Waals surface area contributed by atoms with Crippen LogP contribution in [0.2, 0.25) is 0 Å². The molecular weight excluding hydrogens is 293 g/mol. The molecule has 1 aromatic rings. The van der Waals surface area contributed by atoms with Crippen molar-refractivity contribution in [3.8, 4) is 0 Å². The molecular formula is C15H20FNO3S. The lowest BCUT2D eigenvalue weighted by atomic mass is 9.88. The van der Waals surface area contributed by atoms with Gasteiger partial charge in [-0.05, 0) is 43.9 Å². The van der Waals surface area contributed by atoms with Crippen LogP contribution in [0.15, 0.2) is 18.2 Å². The van der Waals surface area contributed by atoms with Crippen molar-refractivity contribution < 1.29 is 17.5 Å². The molecule has 2 saturated heterocycles. The zero-order chi connectivity index (χ0) is 15.1. The summed E-state index contributed by atoms with van der Waals surface area (Å²) in [6.45, 7) is 2.34. The molecule has 6 heteroatoms. The Hall–Kier alpha value is -1.14. The molecule has 0 amide bonds. The van der Waals surface area contributed by atoms with E-state index in [0.29, 0.717) is 25.0 Å².